The van der Waals surface area contributed by atoms with Crippen LogP contribution in [0.15, 0.2) is 12.1 Å². The monoisotopic (exact) mass is 216 g/mol. The SMILES string of the molecule is CC.Cc1c(C(C)C)ccc(Cl)c1F. The first-order valence-electron chi connectivity index (χ1n) is 4.98. The quantitative estimate of drug-likeness (QED) is 0.624. The van der Waals surface area contributed by atoms with Crippen LogP contribution >= 0.6 is 11.6 Å². The topological polar surface area (TPSA) is 0 Å². The van der Waals surface area contributed by atoms with Crippen LogP contribution in [0.1, 0.15) is 44.7 Å². The molecule has 0 aliphatic carbocycles. The first-order valence-corrected chi connectivity index (χ1v) is 5.36. The van der Waals surface area contributed by atoms with Crippen LogP contribution in [-0.2, 0) is 0 Å². The smallest absolute Gasteiger partial charge is 0.144 e. The third-order valence-electron chi connectivity index (χ3n) is 2.00. The summed E-state index contributed by atoms with van der Waals surface area (Å²) < 4.78 is 13.2. The predicted octanol–water partition coefficient (Wildman–Crippen LogP) is 4.94. The van der Waals surface area contributed by atoms with Crippen LogP contribution in [0.4, 0.5) is 4.39 Å². The summed E-state index contributed by atoms with van der Waals surface area (Å²) in [5.74, 6) is 0.0552. The fraction of sp³-hybridized carbons (Fsp3) is 0.500. The summed E-state index contributed by atoms with van der Waals surface area (Å²) in [6.07, 6.45) is 0. The van der Waals surface area contributed by atoms with E-state index in [0.29, 0.717) is 11.5 Å². The Labute approximate surface area is 91.1 Å². The van der Waals surface area contributed by atoms with Crippen LogP contribution in [0, 0.1) is 12.7 Å². The molecule has 0 N–H and O–H groups in total. The average Bonchev–Trinajstić information content (AvgIpc) is 2.17. The Kier molecular flexibility index (Phi) is 5.78. The van der Waals surface area contributed by atoms with Gasteiger partial charge in [-0.25, -0.2) is 4.39 Å². The Morgan fingerprint density at radius 2 is 1.71 bits per heavy atom. The highest BCUT2D eigenvalue weighted by Crippen LogP contribution is 2.25. The lowest BCUT2D eigenvalue weighted by molar-refractivity contribution is 0.613. The number of hydrogen-bond acceptors (Lipinski definition) is 0. The molecule has 0 fully saturated rings. The minimum absolute atomic E-state index is 0.205. The molecule has 0 radical (unpaired) electrons. The van der Waals surface area contributed by atoms with Crippen molar-refractivity contribution in [2.75, 3.05) is 0 Å². The van der Waals surface area contributed by atoms with Crippen LogP contribution in [-0.4, -0.2) is 0 Å². The maximum atomic E-state index is 13.2. The van der Waals surface area contributed by atoms with Gasteiger partial charge in [-0.15, -0.1) is 0 Å². The Morgan fingerprint density at radius 1 is 1.21 bits per heavy atom. The second-order valence-corrected chi connectivity index (χ2v) is 3.64. The van der Waals surface area contributed by atoms with Gasteiger partial charge in [-0.3, -0.25) is 0 Å². The highest BCUT2D eigenvalue weighted by molar-refractivity contribution is 6.30. The van der Waals surface area contributed by atoms with Crippen molar-refractivity contribution in [1.82, 2.24) is 0 Å². The Bertz CT molecular complexity index is 293. The molecule has 0 spiro atoms. The molecule has 0 unspecified atom stereocenters. The van der Waals surface area contributed by atoms with E-state index in [1.54, 1.807) is 13.0 Å². The van der Waals surface area contributed by atoms with Crippen LogP contribution in [0.3, 0.4) is 0 Å². The molecular formula is C12H18ClF. The highest BCUT2D eigenvalue weighted by atomic mass is 35.5. The summed E-state index contributed by atoms with van der Waals surface area (Å²) in [7, 11) is 0. The number of rotatable bonds is 1. The van der Waals surface area contributed by atoms with Gasteiger partial charge in [0.1, 0.15) is 5.82 Å². The fourth-order valence-electron chi connectivity index (χ4n) is 1.29. The van der Waals surface area contributed by atoms with Crippen LogP contribution < -0.4 is 0 Å². The van der Waals surface area contributed by atoms with Gasteiger partial charge in [-0.05, 0) is 30.0 Å². The first kappa shape index (κ1) is 13.4. The zero-order valence-electron chi connectivity index (χ0n) is 9.49. The van der Waals surface area contributed by atoms with Gasteiger partial charge < -0.3 is 0 Å². The summed E-state index contributed by atoms with van der Waals surface area (Å²) in [5, 5.41) is 0.205. The summed E-state index contributed by atoms with van der Waals surface area (Å²) in [6.45, 7) is 9.84. The Morgan fingerprint density at radius 3 is 2.14 bits per heavy atom. The van der Waals surface area contributed by atoms with Crippen molar-refractivity contribution in [1.29, 1.82) is 0 Å². The van der Waals surface area contributed by atoms with E-state index in [0.717, 1.165) is 5.56 Å². The second kappa shape index (κ2) is 6.02. The summed E-state index contributed by atoms with van der Waals surface area (Å²) in [5.41, 5.74) is 1.69. The Balaban J connectivity index is 0.000000791. The first-order chi connectivity index (χ1) is 6.54. The van der Waals surface area contributed by atoms with E-state index in [-0.39, 0.29) is 10.8 Å². The molecule has 14 heavy (non-hydrogen) atoms. The van der Waals surface area contributed by atoms with Gasteiger partial charge in [0.15, 0.2) is 0 Å². The molecule has 0 aromatic heterocycles. The summed E-state index contributed by atoms with van der Waals surface area (Å²) >= 11 is 5.62. The highest BCUT2D eigenvalue weighted by Gasteiger charge is 2.09. The molecule has 0 heterocycles. The van der Waals surface area contributed by atoms with Gasteiger partial charge in [0.2, 0.25) is 0 Å². The van der Waals surface area contributed by atoms with Gasteiger partial charge in [0.05, 0.1) is 5.02 Å². The number of benzene rings is 1. The van der Waals surface area contributed by atoms with Crippen molar-refractivity contribution in [2.45, 2.75) is 40.5 Å². The lowest BCUT2D eigenvalue weighted by Gasteiger charge is -2.10. The molecular weight excluding hydrogens is 199 g/mol. The number of halogens is 2. The van der Waals surface area contributed by atoms with E-state index in [1.807, 2.05) is 33.8 Å². The molecule has 0 amide bonds. The van der Waals surface area contributed by atoms with E-state index >= 15 is 0 Å². The molecule has 0 nitrogen and oxygen atoms in total. The van der Waals surface area contributed by atoms with Crippen molar-refractivity contribution in [3.8, 4) is 0 Å². The summed E-state index contributed by atoms with van der Waals surface area (Å²) in [4.78, 5) is 0. The lowest BCUT2D eigenvalue weighted by atomic mass is 9.98. The maximum Gasteiger partial charge on any atom is 0.144 e. The van der Waals surface area contributed by atoms with E-state index in [2.05, 4.69) is 0 Å². The minimum atomic E-state index is -0.289. The van der Waals surface area contributed by atoms with Crippen LogP contribution in [0.25, 0.3) is 0 Å². The molecule has 1 aromatic carbocycles. The Hall–Kier alpha value is -0.560. The van der Waals surface area contributed by atoms with E-state index in [4.69, 9.17) is 11.6 Å². The van der Waals surface area contributed by atoms with Gasteiger partial charge in [-0.2, -0.15) is 0 Å². The maximum absolute atomic E-state index is 13.2. The molecule has 0 bridgehead atoms. The molecule has 80 valence electrons. The van der Waals surface area contributed by atoms with Crippen molar-refractivity contribution >= 4 is 11.6 Å². The minimum Gasteiger partial charge on any atom is -0.205 e. The molecule has 2 heteroatoms. The standard InChI is InChI=1S/C10H12ClF.C2H6/c1-6(2)8-4-5-9(11)10(12)7(8)3;1-2/h4-6H,1-3H3;1-2H3. The fourth-order valence-corrected chi connectivity index (χ4v) is 1.50. The van der Waals surface area contributed by atoms with E-state index in [9.17, 15) is 4.39 Å². The van der Waals surface area contributed by atoms with Crippen LogP contribution in [0.2, 0.25) is 5.02 Å². The molecule has 0 saturated heterocycles. The normalized spacial score (nSPS) is 9.71. The molecule has 0 saturated carbocycles. The zero-order valence-corrected chi connectivity index (χ0v) is 10.2. The third kappa shape index (κ3) is 2.98. The third-order valence-corrected chi connectivity index (χ3v) is 2.30. The molecule has 1 aromatic rings. The molecule has 0 aliphatic heterocycles. The van der Waals surface area contributed by atoms with E-state index in [1.165, 1.54) is 0 Å². The molecule has 0 atom stereocenters. The lowest BCUT2D eigenvalue weighted by Crippen LogP contribution is -1.95. The van der Waals surface area contributed by atoms with Gasteiger partial charge in [0, 0.05) is 0 Å². The van der Waals surface area contributed by atoms with Crippen molar-refractivity contribution in [3.63, 3.8) is 0 Å². The largest absolute Gasteiger partial charge is 0.205 e. The van der Waals surface area contributed by atoms with Gasteiger partial charge in [0.25, 0.3) is 0 Å². The van der Waals surface area contributed by atoms with Gasteiger partial charge >= 0.3 is 0 Å². The van der Waals surface area contributed by atoms with Crippen molar-refractivity contribution in [2.24, 2.45) is 0 Å². The second-order valence-electron chi connectivity index (χ2n) is 3.23. The van der Waals surface area contributed by atoms with Gasteiger partial charge in [-0.1, -0.05) is 45.4 Å². The van der Waals surface area contributed by atoms with Crippen molar-refractivity contribution < 1.29 is 4.39 Å². The molecule has 0 aliphatic rings. The summed E-state index contributed by atoms with van der Waals surface area (Å²) in [6, 6.07) is 3.49. The zero-order chi connectivity index (χ0) is 11.3. The van der Waals surface area contributed by atoms with Crippen molar-refractivity contribution in [3.05, 3.63) is 34.1 Å². The molecule has 1 rings (SSSR count). The average molecular weight is 217 g/mol. The number of hydrogen-bond donors (Lipinski definition) is 0. The van der Waals surface area contributed by atoms with Crippen LogP contribution in [0.5, 0.6) is 0 Å². The predicted molar refractivity (Wildman–Crippen MR) is 61.6 cm³/mol. The van der Waals surface area contributed by atoms with E-state index < -0.39 is 0 Å².